The van der Waals surface area contributed by atoms with Crippen LogP contribution in [0.1, 0.15) is 37.9 Å². The Morgan fingerprint density at radius 2 is 1.59 bits per heavy atom. The highest BCUT2D eigenvalue weighted by Crippen LogP contribution is 2.44. The van der Waals surface area contributed by atoms with Crippen LogP contribution in [0.5, 0.6) is 17.2 Å². The molecule has 1 atom stereocenters. The maximum atomic E-state index is 13.4. The Morgan fingerprint density at radius 3 is 2.19 bits per heavy atom. The van der Waals surface area contributed by atoms with Crippen LogP contribution in [-0.4, -0.2) is 36.6 Å². The van der Waals surface area contributed by atoms with Crippen molar-refractivity contribution in [3.63, 3.8) is 0 Å². The number of nitrogens with zero attached hydrogens (tertiary/aromatic N) is 1. The van der Waals surface area contributed by atoms with Gasteiger partial charge in [-0.3, -0.25) is 14.5 Å². The van der Waals surface area contributed by atoms with Crippen LogP contribution < -0.4 is 19.1 Å². The highest BCUT2D eigenvalue weighted by atomic mass is 35.5. The zero-order valence-electron chi connectivity index (χ0n) is 21.0. The molecule has 0 aromatic heterocycles. The molecule has 1 heterocycles. The third-order valence-corrected chi connectivity index (χ3v) is 6.20. The fourth-order valence-corrected chi connectivity index (χ4v) is 4.45. The predicted molar refractivity (Wildman–Crippen MR) is 143 cm³/mol. The maximum absolute atomic E-state index is 13.4. The molecule has 1 unspecified atom stereocenters. The van der Waals surface area contributed by atoms with Gasteiger partial charge in [0.15, 0.2) is 0 Å². The first-order chi connectivity index (χ1) is 17.7. The van der Waals surface area contributed by atoms with E-state index in [-0.39, 0.29) is 28.0 Å². The lowest BCUT2D eigenvalue weighted by Crippen LogP contribution is -2.29. The van der Waals surface area contributed by atoms with Crippen molar-refractivity contribution in [3.8, 4) is 17.2 Å². The van der Waals surface area contributed by atoms with Crippen molar-refractivity contribution in [1.82, 2.24) is 0 Å². The van der Waals surface area contributed by atoms with E-state index in [1.165, 1.54) is 4.90 Å². The first-order valence-corrected chi connectivity index (χ1v) is 12.3. The van der Waals surface area contributed by atoms with Crippen LogP contribution in [0, 0.1) is 0 Å². The zero-order valence-corrected chi connectivity index (χ0v) is 21.8. The quantitative estimate of drug-likeness (QED) is 0.217. The molecule has 1 aliphatic rings. The lowest BCUT2D eigenvalue weighted by molar-refractivity contribution is -0.132. The minimum Gasteiger partial charge on any atom is -0.507 e. The number of methoxy groups -OCH3 is 1. The molecule has 192 valence electrons. The van der Waals surface area contributed by atoms with Crippen molar-refractivity contribution in [1.29, 1.82) is 0 Å². The Hall–Kier alpha value is -3.97. The highest BCUT2D eigenvalue weighted by molar-refractivity contribution is 6.52. The van der Waals surface area contributed by atoms with Crippen LogP contribution >= 0.6 is 11.6 Å². The lowest BCUT2D eigenvalue weighted by atomic mass is 9.95. The van der Waals surface area contributed by atoms with Gasteiger partial charge in [0.25, 0.3) is 11.7 Å². The van der Waals surface area contributed by atoms with E-state index in [1.807, 2.05) is 20.8 Å². The number of hydrogen-bond donors (Lipinski definition) is 1. The zero-order chi connectivity index (χ0) is 26.7. The van der Waals surface area contributed by atoms with Crippen LogP contribution in [0.2, 0.25) is 5.02 Å². The highest BCUT2D eigenvalue weighted by Gasteiger charge is 2.47. The minimum atomic E-state index is -0.908. The number of anilines is 1. The molecule has 7 nitrogen and oxygen atoms in total. The standard InChI is InChI=1S/C29H28ClNO6/c1-5-36-22-14-15-24(30)23(16-22)27(32)25-26(18-6-10-20(35-4)11-7-18)31(29(34)28(25)33)19-8-12-21(13-9-19)37-17(2)3/h6-17,26,32H,5H2,1-4H3/b27-25+. The fraction of sp³-hybridized carbons (Fsp3) is 0.241. The van der Waals surface area contributed by atoms with Gasteiger partial charge in [-0.25, -0.2) is 0 Å². The number of amides is 1. The Bertz CT molecular complexity index is 1330. The van der Waals surface area contributed by atoms with Gasteiger partial charge in [-0.15, -0.1) is 0 Å². The number of ketones is 1. The van der Waals surface area contributed by atoms with Gasteiger partial charge in [0.1, 0.15) is 23.0 Å². The molecule has 0 bridgehead atoms. The average Bonchev–Trinajstić information content (AvgIpc) is 3.15. The molecule has 1 aliphatic heterocycles. The van der Waals surface area contributed by atoms with Crippen molar-refractivity contribution in [2.24, 2.45) is 0 Å². The summed E-state index contributed by atoms with van der Waals surface area (Å²) in [5.74, 6) is -0.243. The van der Waals surface area contributed by atoms with E-state index in [9.17, 15) is 14.7 Å². The van der Waals surface area contributed by atoms with Crippen LogP contribution in [0.15, 0.2) is 72.3 Å². The van der Waals surface area contributed by atoms with Gasteiger partial charge in [-0.2, -0.15) is 0 Å². The average molecular weight is 522 g/mol. The second-order valence-electron chi connectivity index (χ2n) is 8.68. The summed E-state index contributed by atoms with van der Waals surface area (Å²) in [5, 5.41) is 11.6. The number of aliphatic hydroxyl groups excluding tert-OH is 1. The van der Waals surface area contributed by atoms with E-state index in [0.717, 1.165) is 0 Å². The first kappa shape index (κ1) is 26.1. The molecule has 1 amide bonds. The molecule has 0 spiro atoms. The molecule has 0 saturated carbocycles. The molecule has 0 aliphatic carbocycles. The third-order valence-electron chi connectivity index (χ3n) is 5.87. The second kappa shape index (κ2) is 11.0. The van der Waals surface area contributed by atoms with Gasteiger partial charge < -0.3 is 19.3 Å². The molecule has 8 heteroatoms. The van der Waals surface area contributed by atoms with E-state index >= 15 is 0 Å². The van der Waals surface area contributed by atoms with E-state index < -0.39 is 17.7 Å². The molecular formula is C29H28ClNO6. The SMILES string of the molecule is CCOc1ccc(Cl)c(/C(O)=C2\C(=O)C(=O)N(c3ccc(OC(C)C)cc3)C2c2ccc(OC)cc2)c1. The largest absolute Gasteiger partial charge is 0.507 e. The Morgan fingerprint density at radius 1 is 0.973 bits per heavy atom. The molecule has 4 rings (SSSR count). The van der Waals surface area contributed by atoms with Crippen LogP contribution in [0.25, 0.3) is 5.76 Å². The molecule has 3 aromatic rings. The molecule has 1 saturated heterocycles. The number of hydrogen-bond acceptors (Lipinski definition) is 6. The molecular weight excluding hydrogens is 494 g/mol. The monoisotopic (exact) mass is 521 g/mol. The van der Waals surface area contributed by atoms with Crippen LogP contribution in [-0.2, 0) is 9.59 Å². The van der Waals surface area contributed by atoms with Crippen molar-refractivity contribution in [3.05, 3.63) is 88.5 Å². The van der Waals surface area contributed by atoms with Gasteiger partial charge in [0.2, 0.25) is 0 Å². The normalized spacial score (nSPS) is 16.8. The van der Waals surface area contributed by atoms with Crippen LogP contribution in [0.4, 0.5) is 5.69 Å². The minimum absolute atomic E-state index is 0.0171. The summed E-state index contributed by atoms with van der Waals surface area (Å²) < 4.78 is 16.5. The van der Waals surface area contributed by atoms with E-state index in [0.29, 0.717) is 35.1 Å². The van der Waals surface area contributed by atoms with Gasteiger partial charge in [-0.1, -0.05) is 23.7 Å². The summed E-state index contributed by atoms with van der Waals surface area (Å²) in [6.07, 6.45) is -0.0171. The number of ether oxygens (including phenoxy) is 3. The third kappa shape index (κ3) is 5.27. The summed E-state index contributed by atoms with van der Waals surface area (Å²) in [6.45, 7) is 6.08. The van der Waals surface area contributed by atoms with E-state index in [1.54, 1.807) is 73.8 Å². The number of rotatable bonds is 8. The number of aliphatic hydroxyl groups is 1. The lowest BCUT2D eigenvalue weighted by Gasteiger charge is -2.26. The van der Waals surface area contributed by atoms with E-state index in [4.69, 9.17) is 25.8 Å². The number of carbonyl (C=O) groups excluding carboxylic acids is 2. The second-order valence-corrected chi connectivity index (χ2v) is 9.08. The number of halogens is 1. The topological polar surface area (TPSA) is 85.3 Å². The Balaban J connectivity index is 1.89. The maximum Gasteiger partial charge on any atom is 0.300 e. The Kier molecular flexibility index (Phi) is 7.74. The summed E-state index contributed by atoms with van der Waals surface area (Å²) in [4.78, 5) is 28.2. The van der Waals surface area contributed by atoms with E-state index in [2.05, 4.69) is 0 Å². The van der Waals surface area contributed by atoms with Crippen molar-refractivity contribution in [2.45, 2.75) is 32.9 Å². The fourth-order valence-electron chi connectivity index (χ4n) is 4.25. The van der Waals surface area contributed by atoms with Gasteiger partial charge in [-0.05, 0) is 80.9 Å². The van der Waals surface area contributed by atoms with Crippen molar-refractivity contribution in [2.75, 3.05) is 18.6 Å². The first-order valence-electron chi connectivity index (χ1n) is 11.9. The van der Waals surface area contributed by atoms with Crippen molar-refractivity contribution >= 4 is 34.7 Å². The van der Waals surface area contributed by atoms with Crippen LogP contribution in [0.3, 0.4) is 0 Å². The Labute approximate surface area is 220 Å². The molecule has 1 fully saturated rings. The van der Waals surface area contributed by atoms with Gasteiger partial charge >= 0.3 is 0 Å². The molecule has 37 heavy (non-hydrogen) atoms. The van der Waals surface area contributed by atoms with Gasteiger partial charge in [0.05, 0.1) is 36.5 Å². The number of benzene rings is 3. The number of Topliss-reactive ketones (excluding diaryl/α,β-unsaturated/α-hetero) is 1. The van der Waals surface area contributed by atoms with Crippen molar-refractivity contribution < 1.29 is 28.9 Å². The summed E-state index contributed by atoms with van der Waals surface area (Å²) in [5.41, 5.74) is 1.21. The summed E-state index contributed by atoms with van der Waals surface area (Å²) in [7, 11) is 1.55. The summed E-state index contributed by atoms with van der Waals surface area (Å²) >= 11 is 6.41. The molecule has 0 radical (unpaired) electrons. The molecule has 1 N–H and O–H groups in total. The smallest absolute Gasteiger partial charge is 0.300 e. The molecule has 3 aromatic carbocycles. The summed E-state index contributed by atoms with van der Waals surface area (Å²) in [6, 6.07) is 17.8. The number of carbonyl (C=O) groups is 2. The predicted octanol–water partition coefficient (Wildman–Crippen LogP) is 6.16. The van der Waals surface area contributed by atoms with Gasteiger partial charge in [0, 0.05) is 11.3 Å².